The molecule has 4 nitrogen and oxygen atoms in total. The maximum Gasteiger partial charge on any atom is 0.160 e. The first-order chi connectivity index (χ1) is 9.04. The highest BCUT2D eigenvalue weighted by Crippen LogP contribution is 2.53. The number of fused-ring (bicyclic) bond motifs is 1. The highest BCUT2D eigenvalue weighted by molar-refractivity contribution is 5.55. The quantitative estimate of drug-likeness (QED) is 0.880. The second kappa shape index (κ2) is 4.30. The molecule has 1 aliphatic carbocycles. The summed E-state index contributed by atoms with van der Waals surface area (Å²) in [5, 5.41) is 13.4. The van der Waals surface area contributed by atoms with Gasteiger partial charge in [-0.1, -0.05) is 13.8 Å². The molecule has 2 fully saturated rings. The third-order valence-corrected chi connectivity index (χ3v) is 4.60. The summed E-state index contributed by atoms with van der Waals surface area (Å²) in [6, 6.07) is 5.84. The fraction of sp³-hybridized carbons (Fsp3) is 0.600. The summed E-state index contributed by atoms with van der Waals surface area (Å²) in [4.78, 5) is 0. The lowest BCUT2D eigenvalue weighted by molar-refractivity contribution is -0.0923. The number of phenolic OH excluding ortho intramolecular Hbond substituents is 1. The first-order valence-corrected chi connectivity index (χ1v) is 6.79. The first kappa shape index (κ1) is 12.6. The van der Waals surface area contributed by atoms with Crippen LogP contribution in [0.4, 0.5) is 5.69 Å². The van der Waals surface area contributed by atoms with Crippen LogP contribution >= 0.6 is 0 Å². The summed E-state index contributed by atoms with van der Waals surface area (Å²) >= 11 is 0. The number of hydrogen-bond acceptors (Lipinski definition) is 4. The van der Waals surface area contributed by atoms with E-state index in [-0.39, 0.29) is 11.2 Å². The summed E-state index contributed by atoms with van der Waals surface area (Å²) in [7, 11) is 1.55. The van der Waals surface area contributed by atoms with E-state index in [1.54, 1.807) is 19.2 Å². The molecule has 0 bridgehead atoms. The Labute approximate surface area is 113 Å². The molecule has 1 aromatic carbocycles. The van der Waals surface area contributed by atoms with E-state index in [1.807, 2.05) is 6.07 Å². The lowest BCUT2D eigenvalue weighted by Crippen LogP contribution is -2.63. The zero-order valence-corrected chi connectivity index (χ0v) is 11.6. The van der Waals surface area contributed by atoms with Crippen molar-refractivity contribution in [2.45, 2.75) is 32.4 Å². The van der Waals surface area contributed by atoms with Crippen LogP contribution in [0.15, 0.2) is 18.2 Å². The van der Waals surface area contributed by atoms with Gasteiger partial charge in [0, 0.05) is 35.7 Å². The number of ether oxygens (including phenoxy) is 2. The molecule has 1 saturated carbocycles. The molecular weight excluding hydrogens is 242 g/mol. The van der Waals surface area contributed by atoms with Gasteiger partial charge in [-0.15, -0.1) is 0 Å². The van der Waals surface area contributed by atoms with E-state index < -0.39 is 0 Å². The first-order valence-electron chi connectivity index (χ1n) is 6.79. The number of nitrogens with one attached hydrogen (secondary N) is 1. The van der Waals surface area contributed by atoms with Crippen LogP contribution in [0.3, 0.4) is 0 Å². The van der Waals surface area contributed by atoms with Gasteiger partial charge in [0.05, 0.1) is 13.2 Å². The Morgan fingerprint density at radius 3 is 2.89 bits per heavy atom. The summed E-state index contributed by atoms with van der Waals surface area (Å²) in [6.07, 6.45) is 1.49. The fourth-order valence-corrected chi connectivity index (χ4v) is 3.58. The topological polar surface area (TPSA) is 50.7 Å². The van der Waals surface area contributed by atoms with Crippen LogP contribution in [0, 0.1) is 11.3 Å². The minimum absolute atomic E-state index is 0.136. The average Bonchev–Trinajstić information content (AvgIpc) is 2.83. The van der Waals surface area contributed by atoms with Gasteiger partial charge in [-0.3, -0.25) is 0 Å². The molecule has 0 amide bonds. The highest BCUT2D eigenvalue weighted by atomic mass is 16.5. The monoisotopic (exact) mass is 263 g/mol. The molecule has 0 aromatic heterocycles. The van der Waals surface area contributed by atoms with Crippen molar-refractivity contribution in [2.24, 2.45) is 11.3 Å². The van der Waals surface area contributed by atoms with Crippen molar-refractivity contribution in [3.05, 3.63) is 18.2 Å². The second-order valence-electron chi connectivity index (χ2n) is 6.07. The molecule has 4 heteroatoms. The Kier molecular flexibility index (Phi) is 2.86. The van der Waals surface area contributed by atoms with Gasteiger partial charge in [0.25, 0.3) is 0 Å². The van der Waals surface area contributed by atoms with Crippen LogP contribution in [-0.4, -0.2) is 31.0 Å². The fourth-order valence-electron chi connectivity index (χ4n) is 3.58. The van der Waals surface area contributed by atoms with Gasteiger partial charge >= 0.3 is 0 Å². The minimum Gasteiger partial charge on any atom is -0.504 e. The zero-order chi connectivity index (χ0) is 13.6. The van der Waals surface area contributed by atoms with Crippen LogP contribution in [0.25, 0.3) is 0 Å². The van der Waals surface area contributed by atoms with Crippen LogP contribution in [0.1, 0.15) is 20.3 Å². The van der Waals surface area contributed by atoms with Crippen molar-refractivity contribution in [3.63, 3.8) is 0 Å². The van der Waals surface area contributed by atoms with Crippen molar-refractivity contribution in [1.82, 2.24) is 0 Å². The number of phenols is 1. The van der Waals surface area contributed by atoms with Crippen molar-refractivity contribution in [2.75, 3.05) is 19.0 Å². The molecule has 104 valence electrons. The van der Waals surface area contributed by atoms with Crippen molar-refractivity contribution >= 4 is 5.69 Å². The minimum atomic E-state index is 0.136. The molecule has 19 heavy (non-hydrogen) atoms. The molecule has 1 saturated heterocycles. The third-order valence-electron chi connectivity index (χ3n) is 4.60. The number of rotatable bonds is 3. The summed E-state index contributed by atoms with van der Waals surface area (Å²) in [5.41, 5.74) is 1.07. The van der Waals surface area contributed by atoms with Crippen LogP contribution in [0.5, 0.6) is 11.5 Å². The lowest BCUT2D eigenvalue weighted by atomic mass is 9.57. The standard InChI is InChI=1S/C15H21NO3/c1-15(2)13(10-6-7-19-14(10)15)16-9-4-5-12(18-3)11(17)8-9/h4-5,8,10,13-14,16-17H,6-7H2,1-3H3. The van der Waals surface area contributed by atoms with Crippen molar-refractivity contribution in [3.8, 4) is 11.5 Å². The van der Waals surface area contributed by atoms with Gasteiger partial charge in [0.15, 0.2) is 11.5 Å². The SMILES string of the molecule is COc1ccc(NC2C3CCOC3C2(C)C)cc1O. The van der Waals surface area contributed by atoms with E-state index in [9.17, 15) is 5.11 Å². The van der Waals surface area contributed by atoms with Crippen LogP contribution in [-0.2, 0) is 4.74 Å². The Balaban J connectivity index is 1.76. The molecule has 2 aliphatic rings. The van der Waals surface area contributed by atoms with E-state index in [1.165, 1.54) is 0 Å². The van der Waals surface area contributed by atoms with E-state index in [4.69, 9.17) is 9.47 Å². The van der Waals surface area contributed by atoms with Gasteiger partial charge in [-0.25, -0.2) is 0 Å². The maximum absolute atomic E-state index is 9.82. The normalized spacial score (nSPS) is 31.4. The molecule has 2 N–H and O–H groups in total. The number of hydrogen-bond donors (Lipinski definition) is 2. The molecule has 1 heterocycles. The number of methoxy groups -OCH3 is 1. The van der Waals surface area contributed by atoms with Crippen molar-refractivity contribution < 1.29 is 14.6 Å². The summed E-state index contributed by atoms with van der Waals surface area (Å²) < 4.78 is 10.8. The van der Waals surface area contributed by atoms with E-state index >= 15 is 0 Å². The van der Waals surface area contributed by atoms with Gasteiger partial charge in [-0.05, 0) is 18.6 Å². The Hall–Kier alpha value is -1.42. The molecule has 0 radical (unpaired) electrons. The summed E-state index contributed by atoms with van der Waals surface area (Å²) in [5.74, 6) is 1.25. The van der Waals surface area contributed by atoms with E-state index in [0.717, 1.165) is 18.7 Å². The predicted molar refractivity (Wildman–Crippen MR) is 73.7 cm³/mol. The molecule has 3 rings (SSSR count). The van der Waals surface area contributed by atoms with Crippen LogP contribution < -0.4 is 10.1 Å². The molecule has 1 aliphatic heterocycles. The molecule has 3 unspecified atom stereocenters. The van der Waals surface area contributed by atoms with Gasteiger partial charge in [0.1, 0.15) is 0 Å². The van der Waals surface area contributed by atoms with Gasteiger partial charge < -0.3 is 19.9 Å². The summed E-state index contributed by atoms with van der Waals surface area (Å²) in [6.45, 7) is 5.34. The van der Waals surface area contributed by atoms with Gasteiger partial charge in [-0.2, -0.15) is 0 Å². The average molecular weight is 263 g/mol. The predicted octanol–water partition coefficient (Wildman–Crippen LogP) is 2.63. The molecule has 3 atom stereocenters. The number of benzene rings is 1. The maximum atomic E-state index is 9.82. The Bertz CT molecular complexity index is 486. The second-order valence-corrected chi connectivity index (χ2v) is 6.07. The largest absolute Gasteiger partial charge is 0.504 e. The van der Waals surface area contributed by atoms with E-state index in [0.29, 0.717) is 23.8 Å². The number of anilines is 1. The lowest BCUT2D eigenvalue weighted by Gasteiger charge is -2.55. The number of aromatic hydroxyl groups is 1. The van der Waals surface area contributed by atoms with Crippen molar-refractivity contribution in [1.29, 1.82) is 0 Å². The highest BCUT2D eigenvalue weighted by Gasteiger charge is 2.59. The molecular formula is C15H21NO3. The Morgan fingerprint density at radius 2 is 2.21 bits per heavy atom. The third kappa shape index (κ3) is 1.86. The molecule has 0 spiro atoms. The zero-order valence-electron chi connectivity index (χ0n) is 11.6. The molecule has 1 aromatic rings. The van der Waals surface area contributed by atoms with Crippen LogP contribution in [0.2, 0.25) is 0 Å². The van der Waals surface area contributed by atoms with E-state index in [2.05, 4.69) is 19.2 Å². The smallest absolute Gasteiger partial charge is 0.160 e. The Morgan fingerprint density at radius 1 is 1.42 bits per heavy atom. The van der Waals surface area contributed by atoms with Gasteiger partial charge in [0.2, 0.25) is 0 Å².